The minimum absolute atomic E-state index is 0.0807. The molecule has 1 spiro atoms. The number of ether oxygens (including phenoxy) is 2. The monoisotopic (exact) mass is 354 g/mol. The van der Waals surface area contributed by atoms with Gasteiger partial charge in [-0.2, -0.15) is 0 Å². The molecular formula is C16H19ClN2O5. The summed E-state index contributed by atoms with van der Waals surface area (Å²) < 4.78 is 11.8. The molecule has 1 saturated carbocycles. The molecule has 24 heavy (non-hydrogen) atoms. The Morgan fingerprint density at radius 1 is 1.38 bits per heavy atom. The number of hydrogen-bond donors (Lipinski definition) is 1. The van der Waals surface area contributed by atoms with Gasteiger partial charge in [0.05, 0.1) is 22.1 Å². The Kier molecular flexibility index (Phi) is 5.03. The number of hydrogen-bond acceptors (Lipinski definition) is 5. The van der Waals surface area contributed by atoms with Crippen molar-refractivity contribution < 1.29 is 19.2 Å². The predicted octanol–water partition coefficient (Wildman–Crippen LogP) is 3.05. The number of nitrogens with zero attached hydrogens (tertiary/aromatic N) is 1. The largest absolute Gasteiger partial charge is 0.349 e. The van der Waals surface area contributed by atoms with Crippen molar-refractivity contribution >= 4 is 23.2 Å². The second-order valence-corrected chi connectivity index (χ2v) is 6.56. The van der Waals surface area contributed by atoms with E-state index in [2.05, 4.69) is 5.32 Å². The average Bonchev–Trinajstić information content (AvgIpc) is 2.96. The third-order valence-electron chi connectivity index (χ3n) is 4.42. The van der Waals surface area contributed by atoms with Gasteiger partial charge in [0, 0.05) is 31.5 Å². The first-order chi connectivity index (χ1) is 11.5. The van der Waals surface area contributed by atoms with Crippen LogP contribution in [0.25, 0.3) is 0 Å². The maximum absolute atomic E-state index is 12.3. The highest BCUT2D eigenvalue weighted by Crippen LogP contribution is 2.37. The second-order valence-electron chi connectivity index (χ2n) is 6.15. The second kappa shape index (κ2) is 7.04. The summed E-state index contributed by atoms with van der Waals surface area (Å²) >= 11 is 5.97. The van der Waals surface area contributed by atoms with E-state index in [4.69, 9.17) is 21.1 Å². The Morgan fingerprint density at radius 3 is 2.83 bits per heavy atom. The fourth-order valence-corrected chi connectivity index (χ4v) is 3.38. The van der Waals surface area contributed by atoms with Crippen LogP contribution < -0.4 is 5.32 Å². The van der Waals surface area contributed by atoms with Crippen molar-refractivity contribution in [2.45, 2.75) is 44.0 Å². The first kappa shape index (κ1) is 17.1. The predicted molar refractivity (Wildman–Crippen MR) is 87.1 cm³/mol. The van der Waals surface area contributed by atoms with Gasteiger partial charge in [-0.05, 0) is 18.9 Å². The zero-order valence-corrected chi connectivity index (χ0v) is 13.9. The molecule has 8 heteroatoms. The van der Waals surface area contributed by atoms with E-state index >= 15 is 0 Å². The molecule has 1 aliphatic heterocycles. The molecule has 1 N–H and O–H groups in total. The van der Waals surface area contributed by atoms with Gasteiger partial charge in [-0.25, -0.2) is 0 Å². The summed E-state index contributed by atoms with van der Waals surface area (Å²) in [5.41, 5.74) is -0.0941. The summed E-state index contributed by atoms with van der Waals surface area (Å²) in [4.78, 5) is 22.5. The number of rotatable bonds is 4. The molecule has 2 aliphatic rings. The Labute approximate surface area is 144 Å². The van der Waals surface area contributed by atoms with Crippen LogP contribution in [0.2, 0.25) is 5.02 Å². The van der Waals surface area contributed by atoms with Crippen molar-refractivity contribution in [1.29, 1.82) is 0 Å². The molecule has 130 valence electrons. The standard InChI is InChI=1S/C16H19ClN2O5/c17-14-5-4-11(19(21)22)8-13(14)15(20)18-9-12-10-23-16(24-12)6-2-1-3-7-16/h4-5,8,12H,1-3,6-7,9-10H2,(H,18,20)/t12-/m0/s1. The molecule has 1 aliphatic carbocycles. The van der Waals surface area contributed by atoms with Gasteiger partial charge in [0.15, 0.2) is 5.79 Å². The van der Waals surface area contributed by atoms with Crippen LogP contribution in [0.15, 0.2) is 18.2 Å². The lowest BCUT2D eigenvalue weighted by molar-refractivity contribution is -0.384. The van der Waals surface area contributed by atoms with E-state index < -0.39 is 16.6 Å². The zero-order chi connectivity index (χ0) is 17.2. The van der Waals surface area contributed by atoms with Crippen LogP contribution in [0.5, 0.6) is 0 Å². The lowest BCUT2D eigenvalue weighted by atomic mass is 9.94. The number of nitrogens with one attached hydrogen (secondary N) is 1. The Morgan fingerprint density at radius 2 is 2.12 bits per heavy atom. The highest BCUT2D eigenvalue weighted by Gasteiger charge is 2.42. The maximum Gasteiger partial charge on any atom is 0.270 e. The fourth-order valence-electron chi connectivity index (χ4n) is 3.17. The van der Waals surface area contributed by atoms with Crippen LogP contribution in [0.1, 0.15) is 42.5 Å². The highest BCUT2D eigenvalue weighted by molar-refractivity contribution is 6.33. The molecule has 0 aromatic heterocycles. The van der Waals surface area contributed by atoms with Crippen molar-refractivity contribution in [3.8, 4) is 0 Å². The summed E-state index contributed by atoms with van der Waals surface area (Å²) in [7, 11) is 0. The van der Waals surface area contributed by atoms with Gasteiger partial charge in [0.1, 0.15) is 6.10 Å². The quantitative estimate of drug-likeness (QED) is 0.662. The van der Waals surface area contributed by atoms with Gasteiger partial charge < -0.3 is 14.8 Å². The van der Waals surface area contributed by atoms with Crippen molar-refractivity contribution in [3.05, 3.63) is 38.9 Å². The molecule has 3 rings (SSSR count). The Hall–Kier alpha value is -1.70. The first-order valence-electron chi connectivity index (χ1n) is 8.03. The number of non-ortho nitro benzene ring substituents is 1. The van der Waals surface area contributed by atoms with E-state index in [9.17, 15) is 14.9 Å². The van der Waals surface area contributed by atoms with Gasteiger partial charge in [-0.1, -0.05) is 18.0 Å². The number of carbonyl (C=O) groups is 1. The molecule has 1 aromatic rings. The lowest BCUT2D eigenvalue weighted by Gasteiger charge is -2.31. The molecule has 1 aromatic carbocycles. The highest BCUT2D eigenvalue weighted by atomic mass is 35.5. The molecule has 2 fully saturated rings. The summed E-state index contributed by atoms with van der Waals surface area (Å²) in [5.74, 6) is -0.950. The smallest absolute Gasteiger partial charge is 0.270 e. The molecule has 7 nitrogen and oxygen atoms in total. The minimum atomic E-state index is -0.562. The van der Waals surface area contributed by atoms with Crippen LogP contribution in [-0.4, -0.2) is 35.9 Å². The zero-order valence-electron chi connectivity index (χ0n) is 13.1. The summed E-state index contributed by atoms with van der Waals surface area (Å²) in [6.45, 7) is 0.711. The Bertz CT molecular complexity index is 645. The van der Waals surface area contributed by atoms with E-state index in [1.165, 1.54) is 24.6 Å². The number of nitro groups is 1. The molecule has 1 heterocycles. The van der Waals surface area contributed by atoms with Crippen molar-refractivity contribution in [2.24, 2.45) is 0 Å². The van der Waals surface area contributed by atoms with Gasteiger partial charge in [-0.3, -0.25) is 14.9 Å². The van der Waals surface area contributed by atoms with E-state index in [-0.39, 0.29) is 28.9 Å². The third kappa shape index (κ3) is 3.68. The Balaban J connectivity index is 1.58. The van der Waals surface area contributed by atoms with Crippen molar-refractivity contribution in [3.63, 3.8) is 0 Å². The van der Waals surface area contributed by atoms with Gasteiger partial charge in [0.2, 0.25) is 0 Å². The molecule has 0 unspecified atom stereocenters. The van der Waals surface area contributed by atoms with Gasteiger partial charge in [0.25, 0.3) is 11.6 Å². The van der Waals surface area contributed by atoms with Crippen molar-refractivity contribution in [2.75, 3.05) is 13.2 Å². The summed E-state index contributed by atoms with van der Waals surface area (Å²) in [5, 5.41) is 13.7. The van der Waals surface area contributed by atoms with Crippen LogP contribution in [0.4, 0.5) is 5.69 Å². The number of amides is 1. The molecule has 1 amide bonds. The summed E-state index contributed by atoms with van der Waals surface area (Å²) in [6.07, 6.45) is 4.92. The molecule has 1 saturated heterocycles. The molecular weight excluding hydrogens is 336 g/mol. The van der Waals surface area contributed by atoms with E-state index in [1.807, 2.05) is 0 Å². The molecule has 0 bridgehead atoms. The van der Waals surface area contributed by atoms with E-state index in [0.29, 0.717) is 6.61 Å². The minimum Gasteiger partial charge on any atom is -0.349 e. The topological polar surface area (TPSA) is 90.7 Å². The number of nitro benzene ring substituents is 1. The van der Waals surface area contributed by atoms with Crippen LogP contribution >= 0.6 is 11.6 Å². The normalized spacial score (nSPS) is 22.5. The lowest BCUT2D eigenvalue weighted by Crippen LogP contribution is -2.37. The fraction of sp³-hybridized carbons (Fsp3) is 0.562. The van der Waals surface area contributed by atoms with Crippen LogP contribution in [0.3, 0.4) is 0 Å². The average molecular weight is 355 g/mol. The first-order valence-corrected chi connectivity index (χ1v) is 8.41. The third-order valence-corrected chi connectivity index (χ3v) is 4.75. The SMILES string of the molecule is O=C(NC[C@H]1COC2(CCCCC2)O1)c1cc([N+](=O)[O-])ccc1Cl. The van der Waals surface area contributed by atoms with Gasteiger partial charge in [-0.15, -0.1) is 0 Å². The molecule has 0 radical (unpaired) electrons. The van der Waals surface area contributed by atoms with Crippen LogP contribution in [0, 0.1) is 10.1 Å². The number of benzene rings is 1. The van der Waals surface area contributed by atoms with E-state index in [0.717, 1.165) is 25.7 Å². The maximum atomic E-state index is 12.3. The summed E-state index contributed by atoms with van der Waals surface area (Å²) in [6, 6.07) is 3.78. The van der Waals surface area contributed by atoms with Gasteiger partial charge >= 0.3 is 0 Å². The van der Waals surface area contributed by atoms with Crippen LogP contribution in [-0.2, 0) is 9.47 Å². The molecule has 1 atom stereocenters. The number of carbonyl (C=O) groups excluding carboxylic acids is 1. The van der Waals surface area contributed by atoms with Crippen molar-refractivity contribution in [1.82, 2.24) is 5.32 Å². The van der Waals surface area contributed by atoms with E-state index in [1.54, 1.807) is 0 Å². The number of halogens is 1.